The van der Waals surface area contributed by atoms with Crippen LogP contribution in [0.15, 0.2) is 12.1 Å². The van der Waals surface area contributed by atoms with E-state index in [2.05, 4.69) is 24.3 Å². The quantitative estimate of drug-likeness (QED) is 0.455. The largest absolute Gasteiger partial charge is 0.351 e. The van der Waals surface area contributed by atoms with Gasteiger partial charge in [0.05, 0.1) is 4.92 Å². The van der Waals surface area contributed by atoms with Crippen LogP contribution in [0.3, 0.4) is 0 Å². The molecule has 1 rings (SSSR count). The number of anilines is 2. The van der Waals surface area contributed by atoms with Crippen molar-refractivity contribution >= 4 is 17.3 Å². The number of hydrogen-bond donors (Lipinski definition) is 2. The third kappa shape index (κ3) is 3.30. The Morgan fingerprint density at radius 2 is 2.22 bits per heavy atom. The van der Waals surface area contributed by atoms with E-state index in [0.717, 1.165) is 0 Å². The van der Waals surface area contributed by atoms with Gasteiger partial charge in [-0.2, -0.15) is 0 Å². The van der Waals surface area contributed by atoms with Crippen molar-refractivity contribution in [2.75, 3.05) is 23.4 Å². The first-order valence-electron chi connectivity index (χ1n) is 5.86. The molecular weight excluding hydrogens is 234 g/mol. The summed E-state index contributed by atoms with van der Waals surface area (Å²) in [7, 11) is 0. The molecule has 0 bridgehead atoms. The number of nitrogens with two attached hydrogens (primary N) is 1. The maximum atomic E-state index is 11.0. The van der Waals surface area contributed by atoms with Crippen molar-refractivity contribution in [1.82, 2.24) is 4.98 Å². The Bertz CT molecular complexity index is 422. The Hall–Kier alpha value is -1.89. The second kappa shape index (κ2) is 6.15. The summed E-state index contributed by atoms with van der Waals surface area (Å²) >= 11 is 0. The fourth-order valence-electron chi connectivity index (χ4n) is 1.70. The predicted molar refractivity (Wildman–Crippen MR) is 71.4 cm³/mol. The van der Waals surface area contributed by atoms with Crippen LogP contribution in [-0.4, -0.2) is 23.0 Å². The van der Waals surface area contributed by atoms with Gasteiger partial charge in [-0.05, 0) is 18.9 Å². The van der Waals surface area contributed by atoms with Crippen LogP contribution < -0.4 is 16.2 Å². The summed E-state index contributed by atoms with van der Waals surface area (Å²) in [6.45, 7) is 7.41. The van der Waals surface area contributed by atoms with Crippen molar-refractivity contribution in [2.24, 2.45) is 11.8 Å². The Morgan fingerprint density at radius 3 is 2.67 bits per heavy atom. The van der Waals surface area contributed by atoms with Gasteiger partial charge in [0.25, 0.3) is 0 Å². The van der Waals surface area contributed by atoms with Gasteiger partial charge in [-0.1, -0.05) is 13.8 Å². The minimum Gasteiger partial charge on any atom is -0.351 e. The summed E-state index contributed by atoms with van der Waals surface area (Å²) in [6.07, 6.45) is 0. The summed E-state index contributed by atoms with van der Waals surface area (Å²) in [4.78, 5) is 16.7. The molecule has 0 aliphatic carbocycles. The lowest BCUT2D eigenvalue weighted by Gasteiger charge is -2.23. The first-order valence-corrected chi connectivity index (χ1v) is 5.86. The normalized spacial score (nSPS) is 10.5. The predicted octanol–water partition coefficient (Wildman–Crippen LogP) is 1.76. The number of hydrazine groups is 1. The molecule has 0 aliphatic rings. The van der Waals surface area contributed by atoms with E-state index < -0.39 is 4.92 Å². The average Bonchev–Trinajstić information content (AvgIpc) is 2.34. The first kappa shape index (κ1) is 14.2. The van der Waals surface area contributed by atoms with Gasteiger partial charge in [-0.15, -0.1) is 0 Å². The zero-order chi connectivity index (χ0) is 13.7. The monoisotopic (exact) mass is 253 g/mol. The van der Waals surface area contributed by atoms with Crippen LogP contribution in [0.1, 0.15) is 20.8 Å². The van der Waals surface area contributed by atoms with E-state index in [1.807, 2.05) is 11.8 Å². The van der Waals surface area contributed by atoms with E-state index in [0.29, 0.717) is 30.6 Å². The molecule has 0 spiro atoms. The van der Waals surface area contributed by atoms with Gasteiger partial charge in [0.1, 0.15) is 5.82 Å². The maximum Gasteiger partial charge on any atom is 0.311 e. The summed E-state index contributed by atoms with van der Waals surface area (Å²) in [6, 6.07) is 2.91. The maximum absolute atomic E-state index is 11.0. The summed E-state index contributed by atoms with van der Waals surface area (Å²) < 4.78 is 0. The van der Waals surface area contributed by atoms with Crippen LogP contribution >= 0.6 is 0 Å². The first-order chi connectivity index (χ1) is 8.49. The number of nitrogens with one attached hydrogen (secondary N) is 1. The van der Waals surface area contributed by atoms with Crippen LogP contribution in [0.25, 0.3) is 0 Å². The van der Waals surface area contributed by atoms with E-state index in [4.69, 9.17) is 5.84 Å². The number of hydrogen-bond acceptors (Lipinski definition) is 6. The minimum atomic E-state index is -0.425. The molecule has 0 aromatic carbocycles. The molecular formula is C11H19N5O2. The zero-order valence-electron chi connectivity index (χ0n) is 10.9. The van der Waals surface area contributed by atoms with E-state index in [-0.39, 0.29) is 5.69 Å². The summed E-state index contributed by atoms with van der Waals surface area (Å²) in [5.41, 5.74) is 2.40. The Balaban J connectivity index is 3.19. The minimum absolute atomic E-state index is 0.00324. The lowest BCUT2D eigenvalue weighted by molar-refractivity contribution is -0.384. The summed E-state index contributed by atoms with van der Waals surface area (Å²) in [5, 5.41) is 11.0. The molecule has 0 amide bonds. The number of rotatable bonds is 6. The van der Waals surface area contributed by atoms with Gasteiger partial charge >= 0.3 is 5.69 Å². The number of nitrogen functional groups attached to an aromatic ring is 1. The number of nitrogens with zero attached hydrogens (tertiary/aromatic N) is 3. The molecule has 3 N–H and O–H groups in total. The molecule has 0 saturated carbocycles. The van der Waals surface area contributed by atoms with Gasteiger partial charge in [-0.25, -0.2) is 10.8 Å². The highest BCUT2D eigenvalue weighted by molar-refractivity contribution is 5.61. The van der Waals surface area contributed by atoms with Crippen molar-refractivity contribution in [3.8, 4) is 0 Å². The molecule has 1 heterocycles. The van der Waals surface area contributed by atoms with Crippen molar-refractivity contribution in [3.63, 3.8) is 0 Å². The number of aromatic nitrogens is 1. The molecule has 0 unspecified atom stereocenters. The molecule has 0 aliphatic heterocycles. The van der Waals surface area contributed by atoms with Gasteiger partial charge in [-0.3, -0.25) is 10.1 Å². The second-order valence-corrected chi connectivity index (χ2v) is 4.37. The fourth-order valence-corrected chi connectivity index (χ4v) is 1.70. The Kier molecular flexibility index (Phi) is 4.85. The SMILES string of the molecule is CCN(CC(C)C)c1nc(NN)ccc1[N+](=O)[O-]. The Labute approximate surface area is 106 Å². The third-order valence-corrected chi connectivity index (χ3v) is 2.47. The van der Waals surface area contributed by atoms with Gasteiger partial charge < -0.3 is 10.3 Å². The number of nitro groups is 1. The number of pyridine rings is 1. The van der Waals surface area contributed by atoms with E-state index in [9.17, 15) is 10.1 Å². The lowest BCUT2D eigenvalue weighted by atomic mass is 10.2. The molecule has 1 aromatic heterocycles. The van der Waals surface area contributed by atoms with E-state index in [1.54, 1.807) is 0 Å². The van der Waals surface area contributed by atoms with Gasteiger partial charge in [0.15, 0.2) is 0 Å². The Morgan fingerprint density at radius 1 is 1.56 bits per heavy atom. The van der Waals surface area contributed by atoms with E-state index in [1.165, 1.54) is 12.1 Å². The smallest absolute Gasteiger partial charge is 0.311 e. The molecule has 1 aromatic rings. The molecule has 100 valence electrons. The molecule has 18 heavy (non-hydrogen) atoms. The van der Waals surface area contributed by atoms with Crippen molar-refractivity contribution in [2.45, 2.75) is 20.8 Å². The lowest BCUT2D eigenvalue weighted by Crippen LogP contribution is -2.29. The highest BCUT2D eigenvalue weighted by atomic mass is 16.6. The van der Waals surface area contributed by atoms with Crippen molar-refractivity contribution < 1.29 is 4.92 Å². The fraction of sp³-hybridized carbons (Fsp3) is 0.545. The molecule has 0 saturated heterocycles. The highest BCUT2D eigenvalue weighted by Gasteiger charge is 2.21. The highest BCUT2D eigenvalue weighted by Crippen LogP contribution is 2.27. The van der Waals surface area contributed by atoms with Crippen LogP contribution in [0.2, 0.25) is 0 Å². The molecule has 7 nitrogen and oxygen atoms in total. The van der Waals surface area contributed by atoms with Crippen LogP contribution in [-0.2, 0) is 0 Å². The van der Waals surface area contributed by atoms with Gasteiger partial charge in [0.2, 0.25) is 5.82 Å². The van der Waals surface area contributed by atoms with Crippen LogP contribution in [0, 0.1) is 16.0 Å². The average molecular weight is 253 g/mol. The van der Waals surface area contributed by atoms with Crippen molar-refractivity contribution in [1.29, 1.82) is 0 Å². The van der Waals surface area contributed by atoms with E-state index >= 15 is 0 Å². The van der Waals surface area contributed by atoms with Crippen LogP contribution in [0.5, 0.6) is 0 Å². The van der Waals surface area contributed by atoms with Gasteiger partial charge in [0, 0.05) is 19.2 Å². The van der Waals surface area contributed by atoms with Crippen LogP contribution in [0.4, 0.5) is 17.3 Å². The molecule has 0 fully saturated rings. The molecule has 0 radical (unpaired) electrons. The standard InChI is InChI=1S/C11H19N5O2/c1-4-15(7-8(2)3)11-9(16(17)18)5-6-10(13-11)14-12/h5-6,8H,4,7,12H2,1-3H3,(H,13,14). The third-order valence-electron chi connectivity index (χ3n) is 2.47. The molecule has 0 atom stereocenters. The topological polar surface area (TPSA) is 97.3 Å². The zero-order valence-corrected chi connectivity index (χ0v) is 10.9. The summed E-state index contributed by atoms with van der Waals surface area (Å²) in [5.74, 6) is 6.44. The second-order valence-electron chi connectivity index (χ2n) is 4.37. The molecule has 7 heteroatoms. The van der Waals surface area contributed by atoms with Crippen molar-refractivity contribution in [3.05, 3.63) is 22.2 Å².